The number of benzene rings is 2. The molecule has 0 radical (unpaired) electrons. The number of carbonyl (C=O) groups is 1. The molecule has 1 aromatic heterocycles. The summed E-state index contributed by atoms with van der Waals surface area (Å²) in [6, 6.07) is 12.2. The minimum atomic E-state index is -0.235. The third-order valence-electron chi connectivity index (χ3n) is 4.94. The van der Waals surface area contributed by atoms with Crippen molar-refractivity contribution >= 4 is 22.6 Å². The minimum Gasteiger partial charge on any atom is -0.342 e. The van der Waals surface area contributed by atoms with Gasteiger partial charge in [0, 0.05) is 12.1 Å². The van der Waals surface area contributed by atoms with Gasteiger partial charge in [-0.15, -0.1) is 0 Å². The highest BCUT2D eigenvalue weighted by Gasteiger charge is 2.27. The topological polar surface area (TPSA) is 61.0 Å². The van der Waals surface area contributed by atoms with Gasteiger partial charge < -0.3 is 10.3 Å². The maximum Gasteiger partial charge on any atom is 0.241 e. The Morgan fingerprint density at radius 1 is 1.35 bits per heavy atom. The van der Waals surface area contributed by atoms with E-state index in [9.17, 15) is 9.18 Å². The fraction of sp³-hybridized carbons (Fsp3) is 0.300. The van der Waals surface area contributed by atoms with Gasteiger partial charge in [0.1, 0.15) is 11.6 Å². The van der Waals surface area contributed by atoms with Crippen molar-refractivity contribution in [2.45, 2.75) is 25.3 Å². The Morgan fingerprint density at radius 3 is 2.96 bits per heavy atom. The van der Waals surface area contributed by atoms with E-state index in [-0.39, 0.29) is 17.8 Å². The van der Waals surface area contributed by atoms with Gasteiger partial charge in [-0.3, -0.25) is 9.69 Å². The molecule has 0 bridgehead atoms. The highest BCUT2D eigenvalue weighted by atomic mass is 19.1. The lowest BCUT2D eigenvalue weighted by Gasteiger charge is -2.18. The Bertz CT molecular complexity index is 952. The molecule has 2 N–H and O–H groups in total. The van der Waals surface area contributed by atoms with Crippen molar-refractivity contribution in [2.75, 3.05) is 18.9 Å². The first kappa shape index (κ1) is 16.7. The number of H-pyrrole nitrogens is 1. The van der Waals surface area contributed by atoms with Gasteiger partial charge in [0.2, 0.25) is 5.91 Å². The van der Waals surface area contributed by atoms with E-state index in [4.69, 9.17) is 0 Å². The van der Waals surface area contributed by atoms with Crippen LogP contribution in [0.5, 0.6) is 0 Å². The summed E-state index contributed by atoms with van der Waals surface area (Å²) in [5.41, 5.74) is 2.97. The van der Waals surface area contributed by atoms with E-state index in [1.54, 1.807) is 12.1 Å². The van der Waals surface area contributed by atoms with Gasteiger partial charge in [0.05, 0.1) is 17.1 Å². The fourth-order valence-corrected chi connectivity index (χ4v) is 3.51. The summed E-state index contributed by atoms with van der Waals surface area (Å²) in [4.78, 5) is 22.2. The number of imidazole rings is 1. The lowest BCUT2D eigenvalue weighted by molar-refractivity contribution is -0.119. The number of likely N-dealkylation sites (tertiary alicyclic amines) is 1. The van der Waals surface area contributed by atoms with Gasteiger partial charge in [-0.25, -0.2) is 9.37 Å². The molecule has 26 heavy (non-hydrogen) atoms. The number of fused-ring (bicyclic) bond motifs is 1. The van der Waals surface area contributed by atoms with Crippen molar-refractivity contribution in [3.63, 3.8) is 0 Å². The number of rotatable bonds is 4. The van der Waals surface area contributed by atoms with Crippen molar-refractivity contribution in [3.8, 4) is 0 Å². The number of nitrogens with one attached hydrogen (secondary N) is 2. The predicted molar refractivity (Wildman–Crippen MR) is 99.6 cm³/mol. The van der Waals surface area contributed by atoms with Crippen LogP contribution in [0.4, 0.5) is 10.1 Å². The molecule has 1 amide bonds. The molecular weight excluding hydrogens is 331 g/mol. The Labute approximate surface area is 151 Å². The smallest absolute Gasteiger partial charge is 0.241 e. The zero-order valence-corrected chi connectivity index (χ0v) is 14.6. The lowest BCUT2D eigenvalue weighted by Crippen LogP contribution is -2.37. The Morgan fingerprint density at radius 2 is 2.19 bits per heavy atom. The third-order valence-corrected chi connectivity index (χ3v) is 4.94. The van der Waals surface area contributed by atoms with Crippen LogP contribution in [0.1, 0.15) is 24.2 Å². The summed E-state index contributed by atoms with van der Waals surface area (Å²) in [6.07, 6.45) is 2.34. The van der Waals surface area contributed by atoms with Crippen LogP contribution < -0.4 is 5.32 Å². The highest BCUT2D eigenvalue weighted by molar-refractivity contribution is 5.96. The van der Waals surface area contributed by atoms with Crippen molar-refractivity contribution in [2.24, 2.45) is 0 Å². The maximum absolute atomic E-state index is 13.8. The van der Waals surface area contributed by atoms with Gasteiger partial charge in [-0.2, -0.15) is 0 Å². The largest absolute Gasteiger partial charge is 0.342 e. The number of hydrogen-bond acceptors (Lipinski definition) is 3. The van der Waals surface area contributed by atoms with Crippen LogP contribution in [0.25, 0.3) is 11.0 Å². The second-order valence-corrected chi connectivity index (χ2v) is 6.81. The summed E-state index contributed by atoms with van der Waals surface area (Å²) in [5, 5.41) is 2.99. The first-order chi connectivity index (χ1) is 12.6. The van der Waals surface area contributed by atoms with Gasteiger partial charge in [0.15, 0.2) is 0 Å². The monoisotopic (exact) mass is 352 g/mol. The summed E-state index contributed by atoms with van der Waals surface area (Å²) >= 11 is 0. The molecule has 1 atom stereocenters. The molecule has 0 aliphatic carbocycles. The summed E-state index contributed by atoms with van der Waals surface area (Å²) in [6.45, 7) is 0.955. The van der Waals surface area contributed by atoms with Crippen LogP contribution in [0.15, 0.2) is 42.5 Å². The number of anilines is 1. The average molecular weight is 352 g/mol. The van der Waals surface area contributed by atoms with E-state index in [2.05, 4.69) is 20.2 Å². The van der Waals surface area contributed by atoms with Crippen molar-refractivity contribution < 1.29 is 9.18 Å². The van der Waals surface area contributed by atoms with E-state index in [1.165, 1.54) is 6.07 Å². The number of amides is 1. The molecule has 1 aliphatic heterocycles. The van der Waals surface area contributed by atoms with E-state index in [0.717, 1.165) is 36.1 Å². The molecule has 1 aliphatic rings. The van der Waals surface area contributed by atoms with Crippen LogP contribution in [-0.4, -0.2) is 40.4 Å². The number of aromatic nitrogens is 2. The highest BCUT2D eigenvalue weighted by Crippen LogP contribution is 2.21. The van der Waals surface area contributed by atoms with E-state index < -0.39 is 0 Å². The molecule has 2 aromatic carbocycles. The molecule has 1 saturated heterocycles. The fourth-order valence-electron chi connectivity index (χ4n) is 3.51. The first-order valence-corrected chi connectivity index (χ1v) is 8.83. The summed E-state index contributed by atoms with van der Waals surface area (Å²) < 4.78 is 13.8. The quantitative estimate of drug-likeness (QED) is 0.757. The molecule has 2 heterocycles. The SMILES string of the molecule is CN1CCC[C@H]1C(=O)Nc1ccc2nc(Cc3ccccc3F)[nH]c2c1. The molecule has 4 rings (SSSR count). The third kappa shape index (κ3) is 3.32. The second kappa shape index (κ2) is 6.88. The number of nitrogens with zero attached hydrogens (tertiary/aromatic N) is 2. The number of halogens is 1. The van der Waals surface area contributed by atoms with Crippen LogP contribution in [0.2, 0.25) is 0 Å². The maximum atomic E-state index is 13.8. The van der Waals surface area contributed by atoms with E-state index in [0.29, 0.717) is 17.8 Å². The van der Waals surface area contributed by atoms with Crippen molar-refractivity contribution in [3.05, 3.63) is 59.7 Å². The predicted octanol–water partition coefficient (Wildman–Crippen LogP) is 3.33. The average Bonchev–Trinajstić information content (AvgIpc) is 3.22. The molecule has 0 unspecified atom stereocenters. The molecule has 0 saturated carbocycles. The second-order valence-electron chi connectivity index (χ2n) is 6.81. The summed E-state index contributed by atoms with van der Waals surface area (Å²) in [7, 11) is 1.98. The van der Waals surface area contributed by atoms with Gasteiger partial charge in [-0.05, 0) is 56.3 Å². The van der Waals surface area contributed by atoms with Crippen molar-refractivity contribution in [1.29, 1.82) is 0 Å². The van der Waals surface area contributed by atoms with Crippen LogP contribution in [0.3, 0.4) is 0 Å². The molecule has 5 nitrogen and oxygen atoms in total. The molecule has 6 heteroatoms. The zero-order valence-electron chi connectivity index (χ0n) is 14.6. The van der Waals surface area contributed by atoms with Crippen LogP contribution >= 0.6 is 0 Å². The van der Waals surface area contributed by atoms with Crippen LogP contribution in [0, 0.1) is 5.82 Å². The lowest BCUT2D eigenvalue weighted by atomic mass is 10.1. The van der Waals surface area contributed by atoms with Gasteiger partial charge >= 0.3 is 0 Å². The Kier molecular flexibility index (Phi) is 4.42. The number of hydrogen-bond donors (Lipinski definition) is 2. The molecule has 3 aromatic rings. The molecule has 0 spiro atoms. The number of aromatic amines is 1. The Balaban J connectivity index is 1.52. The normalized spacial score (nSPS) is 17.7. The van der Waals surface area contributed by atoms with Gasteiger partial charge in [-0.1, -0.05) is 18.2 Å². The molecule has 134 valence electrons. The number of likely N-dealkylation sites (N-methyl/N-ethyl adjacent to an activating group) is 1. The molecular formula is C20H21FN4O. The summed E-state index contributed by atoms with van der Waals surface area (Å²) in [5.74, 6) is 0.487. The molecule has 1 fully saturated rings. The first-order valence-electron chi connectivity index (χ1n) is 8.83. The van der Waals surface area contributed by atoms with Crippen molar-refractivity contribution in [1.82, 2.24) is 14.9 Å². The van der Waals surface area contributed by atoms with E-state index in [1.807, 2.05) is 31.3 Å². The Hall–Kier alpha value is -2.73. The van der Waals surface area contributed by atoms with Gasteiger partial charge in [0.25, 0.3) is 0 Å². The number of carbonyl (C=O) groups excluding carboxylic acids is 1. The standard InChI is InChI=1S/C20H21FN4O/c1-25-10-4-7-18(25)20(26)22-14-8-9-16-17(12-14)24-19(23-16)11-13-5-2-3-6-15(13)21/h2-3,5-6,8-9,12,18H,4,7,10-11H2,1H3,(H,22,26)(H,23,24)/t18-/m0/s1. The minimum absolute atomic E-state index is 0.0236. The van der Waals surface area contributed by atoms with E-state index >= 15 is 0 Å². The van der Waals surface area contributed by atoms with Crippen LogP contribution in [-0.2, 0) is 11.2 Å². The zero-order chi connectivity index (χ0) is 18.1.